The van der Waals surface area contributed by atoms with Crippen molar-refractivity contribution < 1.29 is 19.5 Å². The van der Waals surface area contributed by atoms with E-state index in [4.69, 9.17) is 5.11 Å². The molecule has 90 valence electrons. The van der Waals surface area contributed by atoms with Gasteiger partial charge < -0.3 is 5.11 Å². The zero-order chi connectivity index (χ0) is 13.0. The Morgan fingerprint density at radius 3 is 2.12 bits per heavy atom. The maximum Gasteiger partial charge on any atom is 0.303 e. The van der Waals surface area contributed by atoms with Crippen LogP contribution in [0, 0.1) is 0 Å². The number of aryl methyl sites for hydroxylation is 1. The van der Waals surface area contributed by atoms with Crippen molar-refractivity contribution in [3.8, 4) is 0 Å². The Kier molecular flexibility index (Phi) is 4.15. The molecular weight excluding hydrogens is 220 g/mol. The van der Waals surface area contributed by atoms with Gasteiger partial charge in [-0.05, 0) is 31.9 Å². The number of benzene rings is 1. The summed E-state index contributed by atoms with van der Waals surface area (Å²) in [6, 6.07) is 4.87. The van der Waals surface area contributed by atoms with Crippen molar-refractivity contribution in [2.45, 2.75) is 26.7 Å². The quantitative estimate of drug-likeness (QED) is 0.792. The molecule has 0 unspecified atom stereocenters. The first-order valence-corrected chi connectivity index (χ1v) is 5.28. The fraction of sp³-hybridized carbons (Fsp3) is 0.308. The molecule has 0 aliphatic heterocycles. The average molecular weight is 234 g/mol. The van der Waals surface area contributed by atoms with E-state index in [0.29, 0.717) is 17.5 Å². The highest BCUT2D eigenvalue weighted by molar-refractivity contribution is 6.07. The molecule has 0 aliphatic rings. The molecule has 1 rings (SSSR count). The number of carbonyl (C=O) groups excluding carboxylic acids is 2. The number of carboxylic acids is 1. The second kappa shape index (κ2) is 5.39. The molecule has 4 heteroatoms. The van der Waals surface area contributed by atoms with Gasteiger partial charge in [-0.2, -0.15) is 0 Å². The Morgan fingerprint density at radius 1 is 1.06 bits per heavy atom. The maximum absolute atomic E-state index is 11.4. The molecule has 0 saturated carbocycles. The van der Waals surface area contributed by atoms with Crippen molar-refractivity contribution in [2.24, 2.45) is 0 Å². The van der Waals surface area contributed by atoms with Crippen molar-refractivity contribution in [3.63, 3.8) is 0 Å². The summed E-state index contributed by atoms with van der Waals surface area (Å²) in [5.41, 5.74) is 1.50. The van der Waals surface area contributed by atoms with Gasteiger partial charge in [0.15, 0.2) is 11.6 Å². The molecule has 1 aromatic carbocycles. The molecule has 4 nitrogen and oxygen atoms in total. The zero-order valence-electron chi connectivity index (χ0n) is 9.82. The van der Waals surface area contributed by atoms with Crippen LogP contribution in [0.4, 0.5) is 0 Å². The van der Waals surface area contributed by atoms with E-state index in [1.54, 1.807) is 18.2 Å². The number of rotatable bonds is 5. The molecule has 17 heavy (non-hydrogen) atoms. The lowest BCUT2D eigenvalue weighted by molar-refractivity contribution is -0.136. The van der Waals surface area contributed by atoms with Gasteiger partial charge in [-0.25, -0.2) is 0 Å². The highest BCUT2D eigenvalue weighted by Gasteiger charge is 2.12. The van der Waals surface area contributed by atoms with Crippen LogP contribution in [0.15, 0.2) is 18.2 Å². The third kappa shape index (κ3) is 3.52. The summed E-state index contributed by atoms with van der Waals surface area (Å²) in [4.78, 5) is 33.1. The lowest BCUT2D eigenvalue weighted by Gasteiger charge is -2.06. The molecule has 0 spiro atoms. The Bertz CT molecular complexity index is 474. The van der Waals surface area contributed by atoms with E-state index < -0.39 is 5.97 Å². The van der Waals surface area contributed by atoms with Crippen LogP contribution in [0.2, 0.25) is 0 Å². The normalized spacial score (nSPS) is 10.0. The molecule has 0 saturated heterocycles. The van der Waals surface area contributed by atoms with Crippen molar-refractivity contribution in [3.05, 3.63) is 34.9 Å². The summed E-state index contributed by atoms with van der Waals surface area (Å²) in [5.74, 6) is -1.24. The number of hydrogen-bond donors (Lipinski definition) is 1. The minimum absolute atomic E-state index is 0.0107. The van der Waals surface area contributed by atoms with E-state index >= 15 is 0 Å². The lowest BCUT2D eigenvalue weighted by atomic mass is 9.97. The molecular formula is C13H14O4. The minimum Gasteiger partial charge on any atom is -0.481 e. The average Bonchev–Trinajstić information content (AvgIpc) is 2.25. The molecule has 0 bridgehead atoms. The zero-order valence-corrected chi connectivity index (χ0v) is 9.82. The molecule has 0 aromatic heterocycles. The van der Waals surface area contributed by atoms with Gasteiger partial charge >= 0.3 is 5.97 Å². The second-order valence-electron chi connectivity index (χ2n) is 3.89. The number of carbonyl (C=O) groups is 3. The van der Waals surface area contributed by atoms with E-state index in [-0.39, 0.29) is 18.0 Å². The number of aliphatic carboxylic acids is 1. The fourth-order valence-corrected chi connectivity index (χ4v) is 1.60. The summed E-state index contributed by atoms with van der Waals surface area (Å²) in [7, 11) is 0. The highest BCUT2D eigenvalue weighted by Crippen LogP contribution is 2.15. The fourth-order valence-electron chi connectivity index (χ4n) is 1.60. The Labute approximate surface area is 99.3 Å². The molecule has 0 heterocycles. The summed E-state index contributed by atoms with van der Waals surface area (Å²) >= 11 is 0. The Balaban J connectivity index is 3.05. The van der Waals surface area contributed by atoms with Crippen LogP contribution < -0.4 is 0 Å². The SMILES string of the molecule is CC(=O)c1ccc(CCC(=O)O)cc1C(C)=O. The number of Topliss-reactive ketones (excluding diaryl/α,β-unsaturated/α-hetero) is 2. The molecule has 0 fully saturated rings. The van der Waals surface area contributed by atoms with E-state index in [2.05, 4.69) is 0 Å². The van der Waals surface area contributed by atoms with Gasteiger partial charge in [0.2, 0.25) is 0 Å². The first kappa shape index (κ1) is 13.1. The van der Waals surface area contributed by atoms with Crippen LogP contribution in [0.5, 0.6) is 0 Å². The molecule has 1 N–H and O–H groups in total. The topological polar surface area (TPSA) is 71.4 Å². The van der Waals surface area contributed by atoms with Crippen LogP contribution in [0.3, 0.4) is 0 Å². The number of hydrogen-bond acceptors (Lipinski definition) is 3. The molecule has 0 amide bonds. The van der Waals surface area contributed by atoms with Gasteiger partial charge in [-0.3, -0.25) is 14.4 Å². The summed E-state index contributed by atoms with van der Waals surface area (Å²) in [6.07, 6.45) is 0.366. The first-order valence-electron chi connectivity index (χ1n) is 5.28. The monoisotopic (exact) mass is 234 g/mol. The summed E-state index contributed by atoms with van der Waals surface area (Å²) in [6.45, 7) is 2.79. The van der Waals surface area contributed by atoms with E-state index in [9.17, 15) is 14.4 Å². The standard InChI is InChI=1S/C13H14O4/c1-8(14)11-5-3-10(4-6-13(16)17)7-12(11)9(2)15/h3,5,7H,4,6H2,1-2H3,(H,16,17). The highest BCUT2D eigenvalue weighted by atomic mass is 16.4. The molecule has 1 aromatic rings. The molecule has 0 radical (unpaired) electrons. The van der Waals surface area contributed by atoms with E-state index in [1.165, 1.54) is 13.8 Å². The smallest absolute Gasteiger partial charge is 0.303 e. The minimum atomic E-state index is -0.884. The lowest BCUT2D eigenvalue weighted by Crippen LogP contribution is -2.06. The molecule has 0 aliphatic carbocycles. The van der Waals surface area contributed by atoms with Crippen molar-refractivity contribution in [1.82, 2.24) is 0 Å². The van der Waals surface area contributed by atoms with E-state index in [0.717, 1.165) is 5.56 Å². The van der Waals surface area contributed by atoms with Crippen molar-refractivity contribution in [1.29, 1.82) is 0 Å². The predicted molar refractivity (Wildman–Crippen MR) is 62.4 cm³/mol. The summed E-state index contributed by atoms with van der Waals surface area (Å²) < 4.78 is 0. The Morgan fingerprint density at radius 2 is 1.65 bits per heavy atom. The third-order valence-electron chi connectivity index (χ3n) is 2.47. The predicted octanol–water partition coefficient (Wildman–Crippen LogP) is 2.11. The van der Waals surface area contributed by atoms with Crippen LogP contribution in [0.1, 0.15) is 46.5 Å². The Hall–Kier alpha value is -1.97. The van der Waals surface area contributed by atoms with Crippen LogP contribution in [-0.4, -0.2) is 22.6 Å². The van der Waals surface area contributed by atoms with Crippen LogP contribution in [0.25, 0.3) is 0 Å². The third-order valence-corrected chi connectivity index (χ3v) is 2.47. The number of carboxylic acid groups (broad SMARTS) is 1. The van der Waals surface area contributed by atoms with Gasteiger partial charge in [0, 0.05) is 17.5 Å². The summed E-state index contributed by atoms with van der Waals surface area (Å²) in [5, 5.41) is 8.58. The largest absolute Gasteiger partial charge is 0.481 e. The van der Waals surface area contributed by atoms with Crippen molar-refractivity contribution >= 4 is 17.5 Å². The first-order chi connectivity index (χ1) is 7.91. The van der Waals surface area contributed by atoms with Crippen LogP contribution in [-0.2, 0) is 11.2 Å². The van der Waals surface area contributed by atoms with Gasteiger partial charge in [0.05, 0.1) is 0 Å². The second-order valence-corrected chi connectivity index (χ2v) is 3.89. The van der Waals surface area contributed by atoms with E-state index in [1.807, 2.05) is 0 Å². The molecule has 0 atom stereocenters. The van der Waals surface area contributed by atoms with Gasteiger partial charge in [0.1, 0.15) is 0 Å². The van der Waals surface area contributed by atoms with Crippen molar-refractivity contribution in [2.75, 3.05) is 0 Å². The van der Waals surface area contributed by atoms with Crippen LogP contribution >= 0.6 is 0 Å². The van der Waals surface area contributed by atoms with Gasteiger partial charge in [-0.1, -0.05) is 12.1 Å². The van der Waals surface area contributed by atoms with Gasteiger partial charge in [-0.15, -0.1) is 0 Å². The van der Waals surface area contributed by atoms with Gasteiger partial charge in [0.25, 0.3) is 0 Å². The maximum atomic E-state index is 11.4. The number of ketones is 2.